The van der Waals surface area contributed by atoms with E-state index in [1.165, 1.54) is 6.42 Å². The number of ether oxygens (including phenoxy) is 1. The van der Waals surface area contributed by atoms with Gasteiger partial charge < -0.3 is 4.74 Å². The molecule has 0 spiro atoms. The number of hydrogen-bond acceptors (Lipinski definition) is 1. The van der Waals surface area contributed by atoms with E-state index < -0.39 is 0 Å². The first-order valence-corrected chi connectivity index (χ1v) is 4.85. The van der Waals surface area contributed by atoms with E-state index in [-0.39, 0.29) is 5.41 Å². The fraction of sp³-hybridized carbons (Fsp3) is 1.00. The monoisotopic (exact) mass is 178 g/mol. The largest absolute Gasteiger partial charge is 0.381 e. The number of hydrogen-bond donors (Lipinski definition) is 0. The Morgan fingerprint density at radius 3 is 2.36 bits per heavy atom. The van der Waals surface area contributed by atoms with Gasteiger partial charge in [0.25, 0.3) is 0 Å². The van der Waals surface area contributed by atoms with E-state index in [9.17, 15) is 0 Å². The van der Waals surface area contributed by atoms with E-state index in [1.54, 1.807) is 0 Å². The average molecular weight is 179 g/mol. The molecule has 0 aliphatic heterocycles. The quantitative estimate of drug-likeness (QED) is 0.568. The lowest BCUT2D eigenvalue weighted by atomic mass is 9.89. The Labute approximate surface area is 75.1 Å². The minimum absolute atomic E-state index is 0.187. The second-order valence-corrected chi connectivity index (χ2v) is 3.60. The Morgan fingerprint density at radius 1 is 1.36 bits per heavy atom. The van der Waals surface area contributed by atoms with Crippen molar-refractivity contribution >= 4 is 11.6 Å². The molecule has 0 saturated heterocycles. The van der Waals surface area contributed by atoms with Crippen LogP contribution in [0, 0.1) is 5.41 Å². The smallest absolute Gasteiger partial charge is 0.0531 e. The summed E-state index contributed by atoms with van der Waals surface area (Å²) in [6, 6.07) is 0. The fourth-order valence-corrected chi connectivity index (χ4v) is 1.34. The molecule has 0 saturated carbocycles. The van der Waals surface area contributed by atoms with Crippen molar-refractivity contribution in [1.82, 2.24) is 0 Å². The first kappa shape index (κ1) is 11.2. The molecule has 0 radical (unpaired) electrons. The molecule has 1 unspecified atom stereocenters. The van der Waals surface area contributed by atoms with E-state index in [4.69, 9.17) is 16.3 Å². The first-order valence-electron chi connectivity index (χ1n) is 4.32. The van der Waals surface area contributed by atoms with Crippen LogP contribution in [0.4, 0.5) is 0 Å². The van der Waals surface area contributed by atoms with Crippen LogP contribution in [-0.4, -0.2) is 19.1 Å². The summed E-state index contributed by atoms with van der Waals surface area (Å²) in [4.78, 5) is 0. The molecule has 0 aromatic rings. The van der Waals surface area contributed by atoms with E-state index in [0.29, 0.717) is 5.88 Å². The minimum atomic E-state index is 0.187. The van der Waals surface area contributed by atoms with Crippen molar-refractivity contribution in [3.05, 3.63) is 0 Å². The summed E-state index contributed by atoms with van der Waals surface area (Å²) in [5.41, 5.74) is 0.187. The summed E-state index contributed by atoms with van der Waals surface area (Å²) in [6.45, 7) is 7.95. The molecule has 0 aromatic carbocycles. The zero-order valence-corrected chi connectivity index (χ0v) is 8.58. The maximum Gasteiger partial charge on any atom is 0.0531 e. The molecule has 0 aliphatic carbocycles. The van der Waals surface area contributed by atoms with Gasteiger partial charge in [-0.2, -0.15) is 0 Å². The Kier molecular flexibility index (Phi) is 5.98. The molecule has 1 atom stereocenters. The Balaban J connectivity index is 3.68. The van der Waals surface area contributed by atoms with Crippen LogP contribution in [0.15, 0.2) is 0 Å². The maximum atomic E-state index is 5.84. The van der Waals surface area contributed by atoms with Crippen molar-refractivity contribution in [2.24, 2.45) is 5.41 Å². The molecule has 0 aliphatic rings. The van der Waals surface area contributed by atoms with Crippen LogP contribution in [0.5, 0.6) is 0 Å². The molecule has 0 aromatic heterocycles. The zero-order chi connectivity index (χ0) is 8.74. The van der Waals surface area contributed by atoms with Gasteiger partial charge in [-0.1, -0.05) is 20.3 Å². The molecule has 0 heterocycles. The van der Waals surface area contributed by atoms with E-state index in [2.05, 4.69) is 13.8 Å². The van der Waals surface area contributed by atoms with Gasteiger partial charge in [0.05, 0.1) is 6.61 Å². The Hall–Kier alpha value is 0.250. The predicted molar refractivity (Wildman–Crippen MR) is 50.2 cm³/mol. The van der Waals surface area contributed by atoms with Crippen LogP contribution in [-0.2, 0) is 4.74 Å². The maximum absolute atomic E-state index is 5.84. The van der Waals surface area contributed by atoms with Gasteiger partial charge in [0.15, 0.2) is 0 Å². The molecule has 0 fully saturated rings. The first-order chi connectivity index (χ1) is 5.18. The van der Waals surface area contributed by atoms with Crippen LogP contribution < -0.4 is 0 Å². The normalized spacial score (nSPS) is 16.4. The molecule has 0 bridgehead atoms. The van der Waals surface area contributed by atoms with Gasteiger partial charge >= 0.3 is 0 Å². The number of rotatable bonds is 6. The summed E-state index contributed by atoms with van der Waals surface area (Å²) >= 11 is 5.84. The highest BCUT2D eigenvalue weighted by Crippen LogP contribution is 2.24. The fourth-order valence-electron chi connectivity index (χ4n) is 1.13. The lowest BCUT2D eigenvalue weighted by Gasteiger charge is -2.25. The molecule has 0 N–H and O–H groups in total. The standard InChI is InChI=1S/C9H19ClO/c1-4-6-9(3,7-10)8-11-5-2/h4-8H2,1-3H3. The average Bonchev–Trinajstić information content (AvgIpc) is 2.02. The lowest BCUT2D eigenvalue weighted by molar-refractivity contribution is 0.0676. The second kappa shape index (κ2) is 5.84. The molecule has 0 rings (SSSR count). The van der Waals surface area contributed by atoms with Gasteiger partial charge in [0.2, 0.25) is 0 Å². The summed E-state index contributed by atoms with van der Waals surface area (Å²) in [5, 5.41) is 0. The summed E-state index contributed by atoms with van der Waals surface area (Å²) in [5.74, 6) is 0.695. The highest BCUT2D eigenvalue weighted by molar-refractivity contribution is 6.18. The second-order valence-electron chi connectivity index (χ2n) is 3.33. The number of alkyl halides is 1. The SMILES string of the molecule is CCCC(C)(CCl)COCC. The predicted octanol–water partition coefficient (Wildman–Crippen LogP) is 3.07. The Morgan fingerprint density at radius 2 is 2.00 bits per heavy atom. The minimum Gasteiger partial charge on any atom is -0.381 e. The highest BCUT2D eigenvalue weighted by Gasteiger charge is 2.21. The van der Waals surface area contributed by atoms with Gasteiger partial charge in [-0.05, 0) is 13.3 Å². The van der Waals surface area contributed by atoms with Crippen LogP contribution >= 0.6 is 11.6 Å². The molecule has 2 heteroatoms. The van der Waals surface area contributed by atoms with E-state index in [0.717, 1.165) is 19.6 Å². The van der Waals surface area contributed by atoms with Gasteiger partial charge in [0.1, 0.15) is 0 Å². The molecular weight excluding hydrogens is 160 g/mol. The third-order valence-electron chi connectivity index (χ3n) is 1.83. The summed E-state index contributed by atoms with van der Waals surface area (Å²) in [7, 11) is 0. The molecule has 68 valence electrons. The van der Waals surface area contributed by atoms with Crippen LogP contribution in [0.2, 0.25) is 0 Å². The van der Waals surface area contributed by atoms with Crippen molar-refractivity contribution < 1.29 is 4.74 Å². The van der Waals surface area contributed by atoms with Crippen molar-refractivity contribution in [3.8, 4) is 0 Å². The highest BCUT2D eigenvalue weighted by atomic mass is 35.5. The topological polar surface area (TPSA) is 9.23 Å². The number of halogens is 1. The van der Waals surface area contributed by atoms with Gasteiger partial charge in [-0.15, -0.1) is 11.6 Å². The van der Waals surface area contributed by atoms with Crippen molar-refractivity contribution in [2.75, 3.05) is 19.1 Å². The van der Waals surface area contributed by atoms with Crippen LogP contribution in [0.3, 0.4) is 0 Å². The van der Waals surface area contributed by atoms with Gasteiger partial charge in [0, 0.05) is 17.9 Å². The van der Waals surface area contributed by atoms with Crippen LogP contribution in [0.25, 0.3) is 0 Å². The summed E-state index contributed by atoms with van der Waals surface area (Å²) in [6.07, 6.45) is 2.33. The van der Waals surface area contributed by atoms with Crippen molar-refractivity contribution in [2.45, 2.75) is 33.6 Å². The third kappa shape index (κ3) is 4.65. The molecule has 11 heavy (non-hydrogen) atoms. The van der Waals surface area contributed by atoms with Gasteiger partial charge in [-0.3, -0.25) is 0 Å². The molecule has 1 nitrogen and oxygen atoms in total. The van der Waals surface area contributed by atoms with Crippen molar-refractivity contribution in [1.29, 1.82) is 0 Å². The lowest BCUT2D eigenvalue weighted by Crippen LogP contribution is -2.25. The summed E-state index contributed by atoms with van der Waals surface area (Å²) < 4.78 is 5.36. The van der Waals surface area contributed by atoms with E-state index in [1.807, 2.05) is 6.92 Å². The van der Waals surface area contributed by atoms with E-state index >= 15 is 0 Å². The third-order valence-corrected chi connectivity index (χ3v) is 2.48. The molecular formula is C9H19ClO. The zero-order valence-electron chi connectivity index (χ0n) is 7.82. The Bertz CT molecular complexity index is 95.6. The van der Waals surface area contributed by atoms with Gasteiger partial charge in [-0.25, -0.2) is 0 Å². The van der Waals surface area contributed by atoms with Crippen LogP contribution in [0.1, 0.15) is 33.6 Å². The van der Waals surface area contributed by atoms with Crippen molar-refractivity contribution in [3.63, 3.8) is 0 Å². The molecule has 0 amide bonds.